The molecule has 3 rings (SSSR count). The Morgan fingerprint density at radius 1 is 0.568 bits per heavy atom. The first kappa shape index (κ1) is 29.9. The summed E-state index contributed by atoms with van der Waals surface area (Å²) in [6, 6.07) is 8.57. The Kier molecular flexibility index (Phi) is 11.7. The number of hydrogen-bond acceptors (Lipinski definition) is 9. The van der Waals surface area contributed by atoms with E-state index in [-0.39, 0.29) is 97.3 Å². The zero-order valence-electron chi connectivity index (χ0n) is 19.8. The second kappa shape index (κ2) is 14.5. The van der Waals surface area contributed by atoms with Crippen molar-refractivity contribution in [1.29, 1.82) is 0 Å². The molecule has 15 heteroatoms. The van der Waals surface area contributed by atoms with Crippen molar-refractivity contribution in [2.24, 2.45) is 0 Å². The number of fused-ring (bicyclic) bond motifs is 2. The number of nitrogens with one attached hydrogen (secondary N) is 2. The summed E-state index contributed by atoms with van der Waals surface area (Å²) in [5, 5.41) is 0.481. The van der Waals surface area contributed by atoms with E-state index in [1.54, 1.807) is 0 Å². The summed E-state index contributed by atoms with van der Waals surface area (Å²) in [5.74, 6) is 0.237. The van der Waals surface area contributed by atoms with Gasteiger partial charge in [0.1, 0.15) is 34.5 Å². The lowest BCUT2D eigenvalue weighted by atomic mass is 10.3. The monoisotopic (exact) mass is 598 g/mol. The molecule has 37 heavy (non-hydrogen) atoms. The third-order valence-electron chi connectivity index (χ3n) is 4.81. The molecule has 0 aliphatic carbocycles. The van der Waals surface area contributed by atoms with Crippen LogP contribution in [0.1, 0.15) is 0 Å². The maximum atomic E-state index is 12.8. The molecule has 2 aromatic rings. The number of sulfonamides is 2. The maximum Gasteiger partial charge on any atom is 0.244 e. The number of ether oxygens (including phenoxy) is 5. The molecule has 1 aliphatic heterocycles. The number of hydrogen-bond donors (Lipinski definition) is 2. The molecule has 206 valence electrons. The van der Waals surface area contributed by atoms with Gasteiger partial charge in [0.05, 0.1) is 39.6 Å². The highest BCUT2D eigenvalue weighted by atomic mass is 35.5. The van der Waals surface area contributed by atoms with Crippen LogP contribution in [0.15, 0.2) is 46.2 Å². The van der Waals surface area contributed by atoms with Crippen LogP contribution in [0, 0.1) is 0 Å². The predicted octanol–water partition coefficient (Wildman–Crippen LogP) is 2.07. The van der Waals surface area contributed by atoms with Crippen molar-refractivity contribution in [3.8, 4) is 11.5 Å². The van der Waals surface area contributed by atoms with E-state index in [9.17, 15) is 16.8 Å². The van der Waals surface area contributed by atoms with Crippen LogP contribution in [0.3, 0.4) is 0 Å². The van der Waals surface area contributed by atoms with Crippen molar-refractivity contribution < 1.29 is 40.5 Å². The first-order valence-electron chi connectivity index (χ1n) is 11.3. The van der Waals surface area contributed by atoms with Gasteiger partial charge in [-0.3, -0.25) is 0 Å². The van der Waals surface area contributed by atoms with Gasteiger partial charge in [-0.25, -0.2) is 26.3 Å². The van der Waals surface area contributed by atoms with Gasteiger partial charge in [0.25, 0.3) is 0 Å². The van der Waals surface area contributed by atoms with Crippen LogP contribution in [-0.4, -0.2) is 82.8 Å². The summed E-state index contributed by atoms with van der Waals surface area (Å²) >= 11 is 12.0. The highest BCUT2D eigenvalue weighted by molar-refractivity contribution is 7.89. The van der Waals surface area contributed by atoms with Crippen molar-refractivity contribution in [2.45, 2.75) is 9.79 Å². The minimum atomic E-state index is -3.91. The van der Waals surface area contributed by atoms with Gasteiger partial charge in [-0.1, -0.05) is 23.2 Å². The summed E-state index contributed by atoms with van der Waals surface area (Å²) in [4.78, 5) is -0.205. The summed E-state index contributed by atoms with van der Waals surface area (Å²) in [6.07, 6.45) is 0. The van der Waals surface area contributed by atoms with Gasteiger partial charge in [-0.2, -0.15) is 0 Å². The lowest BCUT2D eigenvalue weighted by Gasteiger charge is -2.14. The van der Waals surface area contributed by atoms with Crippen LogP contribution in [-0.2, 0) is 34.3 Å². The van der Waals surface area contributed by atoms with E-state index in [1.165, 1.54) is 36.4 Å². The average molecular weight is 600 g/mol. The second-order valence-electron chi connectivity index (χ2n) is 7.51. The Morgan fingerprint density at radius 3 is 1.38 bits per heavy atom. The zero-order chi connectivity index (χ0) is 26.7. The molecular weight excluding hydrogens is 571 g/mol. The SMILES string of the molecule is O=S1(=O)NCCOCCOCCNS(=O)(=O)c2cc(Cl)ccc2OCCOCCOc2ccc(Cl)cc21. The molecule has 2 aromatic carbocycles. The van der Waals surface area contributed by atoms with Crippen LogP contribution in [0.2, 0.25) is 10.0 Å². The standard InChI is InChI=1S/C22H28Cl2N2O9S2/c23-17-1-3-19-21(15-17)36(27,28)25-5-7-31-9-10-32-8-6-26-37(29,30)22-16-18(24)2-4-20(22)35-14-12-33-11-13-34-19/h1-4,15-16,25-26H,5-14H2. The average Bonchev–Trinajstić information content (AvgIpc) is 2.85. The van der Waals surface area contributed by atoms with Crippen molar-refractivity contribution >= 4 is 43.2 Å². The van der Waals surface area contributed by atoms with Crippen LogP contribution in [0.4, 0.5) is 0 Å². The molecule has 0 saturated carbocycles. The van der Waals surface area contributed by atoms with Crippen LogP contribution in [0.5, 0.6) is 11.5 Å². The topological polar surface area (TPSA) is 138 Å². The van der Waals surface area contributed by atoms with Gasteiger partial charge in [-0.05, 0) is 36.4 Å². The van der Waals surface area contributed by atoms with Crippen molar-refractivity contribution in [2.75, 3.05) is 65.9 Å². The normalized spacial score (nSPS) is 20.4. The highest BCUT2D eigenvalue weighted by Crippen LogP contribution is 2.28. The maximum absolute atomic E-state index is 12.8. The largest absolute Gasteiger partial charge is 0.490 e. The number of benzene rings is 2. The number of halogens is 2. The molecule has 0 spiro atoms. The first-order chi connectivity index (χ1) is 17.7. The van der Waals surface area contributed by atoms with E-state index in [1.807, 2.05) is 0 Å². The van der Waals surface area contributed by atoms with Crippen molar-refractivity contribution in [3.05, 3.63) is 46.4 Å². The lowest BCUT2D eigenvalue weighted by Crippen LogP contribution is -2.29. The molecule has 0 radical (unpaired) electrons. The molecule has 11 nitrogen and oxygen atoms in total. The van der Waals surface area contributed by atoms with Crippen molar-refractivity contribution in [3.63, 3.8) is 0 Å². The molecule has 1 heterocycles. The van der Waals surface area contributed by atoms with Crippen LogP contribution < -0.4 is 18.9 Å². The Labute approximate surface area is 226 Å². The minimum Gasteiger partial charge on any atom is -0.490 e. The fraction of sp³-hybridized carbons (Fsp3) is 0.455. The van der Waals surface area contributed by atoms with Gasteiger partial charge in [0.15, 0.2) is 0 Å². The Hall–Kier alpha value is -1.68. The van der Waals surface area contributed by atoms with Gasteiger partial charge < -0.3 is 23.7 Å². The quantitative estimate of drug-likeness (QED) is 0.466. The molecule has 0 amide bonds. The van der Waals surface area contributed by atoms with Crippen molar-refractivity contribution in [1.82, 2.24) is 9.44 Å². The van der Waals surface area contributed by atoms with Crippen LogP contribution in [0.25, 0.3) is 0 Å². The van der Waals surface area contributed by atoms with E-state index < -0.39 is 20.0 Å². The fourth-order valence-corrected chi connectivity index (χ4v) is 5.96. The second-order valence-corrected chi connectivity index (χ2v) is 11.9. The van der Waals surface area contributed by atoms with E-state index in [0.29, 0.717) is 0 Å². The van der Waals surface area contributed by atoms with Gasteiger partial charge >= 0.3 is 0 Å². The van der Waals surface area contributed by atoms with Gasteiger partial charge in [0, 0.05) is 23.1 Å². The summed E-state index contributed by atoms with van der Waals surface area (Å²) in [6.45, 7) is 0.946. The van der Waals surface area contributed by atoms with Crippen LogP contribution >= 0.6 is 23.2 Å². The summed E-state index contributed by atoms with van der Waals surface area (Å²) in [5.41, 5.74) is 0. The Bertz CT molecular complexity index is 1150. The molecule has 1 aliphatic rings. The minimum absolute atomic E-state index is 0.0131. The lowest BCUT2D eigenvalue weighted by molar-refractivity contribution is 0.0522. The molecule has 0 bridgehead atoms. The smallest absolute Gasteiger partial charge is 0.244 e. The molecule has 0 unspecified atom stereocenters. The first-order valence-corrected chi connectivity index (χ1v) is 15.0. The molecule has 0 aromatic heterocycles. The Morgan fingerprint density at radius 2 is 0.946 bits per heavy atom. The molecule has 0 atom stereocenters. The zero-order valence-corrected chi connectivity index (χ0v) is 22.9. The van der Waals surface area contributed by atoms with Gasteiger partial charge in [0.2, 0.25) is 20.0 Å². The molecular formula is C22H28Cl2N2O9S2. The Balaban J connectivity index is 1.68. The number of rotatable bonds is 0. The third-order valence-corrected chi connectivity index (χ3v) is 8.24. The third kappa shape index (κ3) is 9.53. The van der Waals surface area contributed by atoms with E-state index in [4.69, 9.17) is 46.9 Å². The molecule has 2 N–H and O–H groups in total. The predicted molar refractivity (Wildman–Crippen MR) is 137 cm³/mol. The van der Waals surface area contributed by atoms with E-state index in [2.05, 4.69) is 9.44 Å². The summed E-state index contributed by atoms with van der Waals surface area (Å²) < 4.78 is 83.3. The molecule has 0 fully saturated rings. The highest BCUT2D eigenvalue weighted by Gasteiger charge is 2.21. The summed E-state index contributed by atoms with van der Waals surface area (Å²) in [7, 11) is -7.83. The fourth-order valence-electron chi connectivity index (χ4n) is 3.12. The molecule has 0 saturated heterocycles. The van der Waals surface area contributed by atoms with Gasteiger partial charge in [-0.15, -0.1) is 0 Å². The van der Waals surface area contributed by atoms with E-state index in [0.717, 1.165) is 0 Å². The van der Waals surface area contributed by atoms with E-state index >= 15 is 0 Å².